The van der Waals surface area contributed by atoms with Crippen molar-refractivity contribution in [1.82, 2.24) is 15.0 Å². The first-order valence-corrected chi connectivity index (χ1v) is 7.76. The number of carbonyl (C=O) groups excluding carboxylic acids is 1. The van der Waals surface area contributed by atoms with Crippen molar-refractivity contribution >= 4 is 22.4 Å². The zero-order chi connectivity index (χ0) is 16.4. The predicted molar refractivity (Wildman–Crippen MR) is 86.5 cm³/mol. The third-order valence-electron chi connectivity index (χ3n) is 3.20. The highest BCUT2D eigenvalue weighted by molar-refractivity contribution is 7.14. The molecule has 0 saturated carbocycles. The summed E-state index contributed by atoms with van der Waals surface area (Å²) < 4.78 is 5.25. The van der Waals surface area contributed by atoms with Crippen LogP contribution in [-0.2, 0) is 11.2 Å². The van der Waals surface area contributed by atoms with Gasteiger partial charge >= 0.3 is 0 Å². The number of hydrogen-bond acceptors (Lipinski definition) is 6. The number of nitrogens with one attached hydrogen (secondary N) is 2. The quantitative estimate of drug-likeness (QED) is 0.764. The predicted octanol–water partition coefficient (Wildman–Crippen LogP) is 2.28. The van der Waals surface area contributed by atoms with Crippen LogP contribution in [0.3, 0.4) is 0 Å². The maximum Gasteiger partial charge on any atom is 0.254 e. The van der Waals surface area contributed by atoms with Crippen LogP contribution in [0.2, 0.25) is 0 Å². The molecule has 8 heteroatoms. The number of anilines is 1. The first kappa shape index (κ1) is 15.2. The minimum absolute atomic E-state index is 0.0515. The molecule has 0 aliphatic rings. The van der Waals surface area contributed by atoms with Gasteiger partial charge in [0.15, 0.2) is 10.9 Å². The zero-order valence-electron chi connectivity index (χ0n) is 12.5. The number of aromatic amines is 1. The Morgan fingerprint density at radius 3 is 2.91 bits per heavy atom. The minimum Gasteiger partial charge on any atom is -0.463 e. The summed E-state index contributed by atoms with van der Waals surface area (Å²) in [5.41, 5.74) is 1.27. The average molecular weight is 330 g/mol. The molecule has 0 aromatic carbocycles. The van der Waals surface area contributed by atoms with Crippen LogP contribution >= 0.6 is 11.3 Å². The van der Waals surface area contributed by atoms with Gasteiger partial charge in [-0.05, 0) is 26.0 Å². The lowest BCUT2D eigenvalue weighted by atomic mass is 10.1. The first-order valence-electron chi connectivity index (χ1n) is 6.88. The molecule has 0 fully saturated rings. The zero-order valence-corrected chi connectivity index (χ0v) is 13.4. The van der Waals surface area contributed by atoms with E-state index < -0.39 is 0 Å². The molecule has 3 aromatic rings. The summed E-state index contributed by atoms with van der Waals surface area (Å²) in [7, 11) is 0. The number of hydrogen-bond donors (Lipinski definition) is 2. The molecule has 1 amide bonds. The topological polar surface area (TPSA) is 101 Å². The third-order valence-corrected chi connectivity index (χ3v) is 3.96. The van der Waals surface area contributed by atoms with Crippen molar-refractivity contribution < 1.29 is 9.21 Å². The summed E-state index contributed by atoms with van der Waals surface area (Å²) in [6.45, 7) is 3.41. The van der Waals surface area contributed by atoms with E-state index >= 15 is 0 Å². The first-order chi connectivity index (χ1) is 11.0. The van der Waals surface area contributed by atoms with Gasteiger partial charge in [-0.2, -0.15) is 0 Å². The van der Waals surface area contributed by atoms with Crippen LogP contribution in [0.1, 0.15) is 17.1 Å². The van der Waals surface area contributed by atoms with Crippen molar-refractivity contribution in [2.24, 2.45) is 0 Å². The monoisotopic (exact) mass is 330 g/mol. The molecule has 0 bridgehead atoms. The number of thiazole rings is 1. The molecule has 0 radical (unpaired) electrons. The molecule has 0 atom stereocenters. The molecule has 0 spiro atoms. The largest absolute Gasteiger partial charge is 0.463 e. The second kappa shape index (κ2) is 6.17. The Morgan fingerprint density at radius 1 is 1.39 bits per heavy atom. The van der Waals surface area contributed by atoms with Crippen LogP contribution in [0.5, 0.6) is 0 Å². The smallest absolute Gasteiger partial charge is 0.254 e. The van der Waals surface area contributed by atoms with Crippen LogP contribution in [0.4, 0.5) is 5.13 Å². The maximum atomic E-state index is 12.1. The van der Waals surface area contributed by atoms with E-state index in [1.165, 1.54) is 11.3 Å². The number of aryl methyl sites for hydroxylation is 2. The Labute approximate surface area is 135 Å². The van der Waals surface area contributed by atoms with Crippen molar-refractivity contribution in [3.05, 3.63) is 51.2 Å². The molecular weight excluding hydrogens is 316 g/mol. The van der Waals surface area contributed by atoms with E-state index in [4.69, 9.17) is 4.42 Å². The van der Waals surface area contributed by atoms with E-state index in [0.29, 0.717) is 33.7 Å². The highest BCUT2D eigenvalue weighted by Gasteiger charge is 2.14. The van der Waals surface area contributed by atoms with Crippen LogP contribution < -0.4 is 10.9 Å². The summed E-state index contributed by atoms with van der Waals surface area (Å²) in [6.07, 6.45) is 1.51. The van der Waals surface area contributed by atoms with Crippen LogP contribution in [0.15, 0.2) is 33.0 Å². The fourth-order valence-corrected chi connectivity index (χ4v) is 2.87. The lowest BCUT2D eigenvalue weighted by molar-refractivity contribution is -0.115. The molecule has 0 saturated heterocycles. The van der Waals surface area contributed by atoms with Gasteiger partial charge in [-0.15, -0.1) is 11.3 Å². The molecule has 7 nitrogen and oxygen atoms in total. The van der Waals surface area contributed by atoms with Crippen molar-refractivity contribution in [2.45, 2.75) is 20.3 Å². The van der Waals surface area contributed by atoms with Gasteiger partial charge < -0.3 is 14.7 Å². The number of carbonyl (C=O) groups is 1. The number of nitrogens with zero attached hydrogens (tertiary/aromatic N) is 2. The maximum absolute atomic E-state index is 12.1. The van der Waals surface area contributed by atoms with Crippen molar-refractivity contribution in [3.8, 4) is 11.5 Å². The van der Waals surface area contributed by atoms with Crippen LogP contribution in [-0.4, -0.2) is 20.9 Å². The summed E-state index contributed by atoms with van der Waals surface area (Å²) >= 11 is 1.29. The summed E-state index contributed by atoms with van der Waals surface area (Å²) in [4.78, 5) is 35.1. The van der Waals surface area contributed by atoms with Gasteiger partial charge in [0, 0.05) is 16.6 Å². The molecule has 3 aromatic heterocycles. The average Bonchev–Trinajstić information content (AvgIpc) is 3.13. The lowest BCUT2D eigenvalue weighted by Gasteiger charge is -2.05. The van der Waals surface area contributed by atoms with Crippen LogP contribution in [0.25, 0.3) is 11.5 Å². The van der Waals surface area contributed by atoms with Crippen molar-refractivity contribution in [2.75, 3.05) is 5.32 Å². The summed E-state index contributed by atoms with van der Waals surface area (Å²) in [6, 6.07) is 3.56. The molecule has 0 aliphatic heterocycles. The van der Waals surface area contributed by atoms with E-state index in [9.17, 15) is 9.59 Å². The molecule has 0 aliphatic carbocycles. The summed E-state index contributed by atoms with van der Waals surface area (Å²) in [5.74, 6) is 0.848. The molecular formula is C15H14N4O3S. The van der Waals surface area contributed by atoms with Crippen LogP contribution in [0, 0.1) is 13.8 Å². The second-order valence-electron chi connectivity index (χ2n) is 4.96. The van der Waals surface area contributed by atoms with Gasteiger partial charge in [-0.1, -0.05) is 0 Å². The Kier molecular flexibility index (Phi) is 4.07. The van der Waals surface area contributed by atoms with Crippen molar-refractivity contribution in [1.29, 1.82) is 0 Å². The van der Waals surface area contributed by atoms with Gasteiger partial charge in [0.2, 0.25) is 5.91 Å². The van der Waals surface area contributed by atoms with Gasteiger partial charge in [0.25, 0.3) is 5.56 Å². The highest BCUT2D eigenvalue weighted by atomic mass is 32.1. The van der Waals surface area contributed by atoms with Gasteiger partial charge in [0.05, 0.1) is 12.7 Å². The van der Waals surface area contributed by atoms with E-state index in [1.54, 1.807) is 37.6 Å². The van der Waals surface area contributed by atoms with E-state index in [-0.39, 0.29) is 17.9 Å². The van der Waals surface area contributed by atoms with Gasteiger partial charge in [-0.3, -0.25) is 9.59 Å². The van der Waals surface area contributed by atoms with E-state index in [1.807, 2.05) is 0 Å². The van der Waals surface area contributed by atoms with Gasteiger partial charge in [-0.25, -0.2) is 9.97 Å². The number of aromatic nitrogens is 3. The molecule has 0 unspecified atom stereocenters. The van der Waals surface area contributed by atoms with E-state index in [2.05, 4.69) is 20.3 Å². The lowest BCUT2D eigenvalue weighted by Crippen LogP contribution is -2.24. The van der Waals surface area contributed by atoms with Gasteiger partial charge in [0.1, 0.15) is 11.5 Å². The molecule has 2 N–H and O–H groups in total. The third kappa shape index (κ3) is 3.37. The Hall–Kier alpha value is -2.74. The number of amides is 1. The molecule has 3 rings (SSSR count). The Bertz CT molecular complexity index is 896. The molecule has 118 valence electrons. The molecule has 3 heterocycles. The minimum atomic E-state index is -0.315. The summed E-state index contributed by atoms with van der Waals surface area (Å²) in [5, 5.41) is 4.93. The number of rotatable bonds is 4. The second-order valence-corrected chi connectivity index (χ2v) is 5.81. The Balaban J connectivity index is 1.72. The normalized spacial score (nSPS) is 10.7. The SMILES string of the molecule is Cc1nc(C)c(CC(=O)Nc2nc(-c3ccco3)cs2)c(=O)[nH]1. The fraction of sp³-hybridized carbons (Fsp3) is 0.200. The van der Waals surface area contributed by atoms with E-state index in [0.717, 1.165) is 0 Å². The number of furan rings is 1. The highest BCUT2D eigenvalue weighted by Crippen LogP contribution is 2.25. The number of H-pyrrole nitrogens is 1. The standard InChI is InChI=1S/C15H14N4O3S/c1-8-10(14(21)17-9(2)16-8)6-13(20)19-15-18-11(7-23-15)12-4-3-5-22-12/h3-5,7H,6H2,1-2H3,(H,16,17,21)(H,18,19,20). The van der Waals surface area contributed by atoms with Crippen molar-refractivity contribution in [3.63, 3.8) is 0 Å². The molecule has 23 heavy (non-hydrogen) atoms. The Morgan fingerprint density at radius 2 is 2.22 bits per heavy atom. The fourth-order valence-electron chi connectivity index (χ4n) is 2.15.